The summed E-state index contributed by atoms with van der Waals surface area (Å²) in [5.74, 6) is 1.70. The van der Waals surface area contributed by atoms with E-state index in [4.69, 9.17) is 4.74 Å². The summed E-state index contributed by atoms with van der Waals surface area (Å²) in [7, 11) is 1.68. The van der Waals surface area contributed by atoms with Crippen LogP contribution in [0.1, 0.15) is 32.1 Å². The predicted octanol–water partition coefficient (Wildman–Crippen LogP) is 4.60. The first kappa shape index (κ1) is 21.4. The molecule has 1 aliphatic rings. The second kappa shape index (κ2) is 10.5. The van der Waals surface area contributed by atoms with E-state index in [-0.39, 0.29) is 5.91 Å². The highest BCUT2D eigenvalue weighted by Crippen LogP contribution is 2.27. The zero-order chi connectivity index (χ0) is 21.5. The Bertz CT molecular complexity index is 1000. The minimum absolute atomic E-state index is 0.0451. The van der Waals surface area contributed by atoms with Crippen molar-refractivity contribution in [1.29, 1.82) is 0 Å². The van der Waals surface area contributed by atoms with Crippen molar-refractivity contribution in [2.24, 2.45) is 5.92 Å². The Hall–Kier alpha value is -2.79. The summed E-state index contributed by atoms with van der Waals surface area (Å²) >= 11 is 0. The van der Waals surface area contributed by atoms with Crippen LogP contribution in [0, 0.1) is 5.92 Å². The molecule has 1 heterocycles. The Kier molecular flexibility index (Phi) is 7.26. The van der Waals surface area contributed by atoms with Gasteiger partial charge in [0.2, 0.25) is 5.91 Å². The van der Waals surface area contributed by atoms with Crippen LogP contribution in [0.5, 0.6) is 5.75 Å². The lowest BCUT2D eigenvalue weighted by molar-refractivity contribution is -0.121. The summed E-state index contributed by atoms with van der Waals surface area (Å²) in [6, 6.07) is 16.5. The molecule has 1 saturated carbocycles. The lowest BCUT2D eigenvalue weighted by Crippen LogP contribution is -2.35. The Balaban J connectivity index is 1.32. The molecule has 2 N–H and O–H groups in total. The van der Waals surface area contributed by atoms with Crippen molar-refractivity contribution in [1.82, 2.24) is 15.2 Å². The monoisotopic (exact) mass is 419 g/mol. The molecule has 0 radical (unpaired) electrons. The average Bonchev–Trinajstić information content (AvgIpc) is 3.21. The van der Waals surface area contributed by atoms with Gasteiger partial charge in [-0.15, -0.1) is 0 Å². The van der Waals surface area contributed by atoms with Crippen LogP contribution >= 0.6 is 0 Å². The fourth-order valence-corrected chi connectivity index (χ4v) is 4.50. The summed E-state index contributed by atoms with van der Waals surface area (Å²) in [6.07, 6.45) is 8.80. The molecular weight excluding hydrogens is 386 g/mol. The molecule has 164 valence electrons. The number of nitrogens with zero attached hydrogens (tertiary/aromatic N) is 1. The summed E-state index contributed by atoms with van der Waals surface area (Å²) < 4.78 is 7.37. The number of aromatic nitrogens is 1. The second-order valence-electron chi connectivity index (χ2n) is 8.51. The molecule has 1 amide bonds. The number of hydrogen-bond donors (Lipinski definition) is 2. The van der Waals surface area contributed by atoms with E-state index in [2.05, 4.69) is 41.0 Å². The van der Waals surface area contributed by atoms with Gasteiger partial charge in [-0.05, 0) is 66.1 Å². The van der Waals surface area contributed by atoms with Gasteiger partial charge in [-0.3, -0.25) is 4.79 Å². The lowest BCUT2D eigenvalue weighted by Gasteiger charge is -2.21. The zero-order valence-electron chi connectivity index (χ0n) is 18.4. The topological polar surface area (TPSA) is 55.3 Å². The molecular formula is C26H33N3O2. The molecule has 2 aromatic carbocycles. The van der Waals surface area contributed by atoms with Gasteiger partial charge in [-0.1, -0.05) is 43.5 Å². The maximum absolute atomic E-state index is 12.5. The minimum atomic E-state index is 0.0451. The largest absolute Gasteiger partial charge is 0.497 e. The molecule has 1 fully saturated rings. The molecule has 0 saturated heterocycles. The number of methoxy groups -OCH3 is 1. The molecule has 3 aromatic rings. The molecule has 31 heavy (non-hydrogen) atoms. The van der Waals surface area contributed by atoms with Crippen LogP contribution in [0.2, 0.25) is 0 Å². The Morgan fingerprint density at radius 1 is 1.03 bits per heavy atom. The third-order valence-electron chi connectivity index (χ3n) is 6.27. The van der Waals surface area contributed by atoms with Crippen molar-refractivity contribution in [3.8, 4) is 16.9 Å². The third kappa shape index (κ3) is 5.67. The van der Waals surface area contributed by atoms with E-state index in [1.807, 2.05) is 29.0 Å². The summed E-state index contributed by atoms with van der Waals surface area (Å²) in [4.78, 5) is 12.5. The van der Waals surface area contributed by atoms with Crippen LogP contribution in [-0.2, 0) is 11.3 Å². The number of carbonyl (C=O) groups is 1. The number of fused-ring (bicyclic) bond motifs is 1. The van der Waals surface area contributed by atoms with E-state index in [0.717, 1.165) is 46.8 Å². The SMILES string of the molecule is COc1cccc(-c2ccc3ccn(CC(=O)NCCNCC4CCCCC4)c3c2)c1. The third-order valence-corrected chi connectivity index (χ3v) is 6.27. The first-order chi connectivity index (χ1) is 15.2. The fourth-order valence-electron chi connectivity index (χ4n) is 4.50. The van der Waals surface area contributed by atoms with Gasteiger partial charge in [-0.2, -0.15) is 0 Å². The number of ether oxygens (including phenoxy) is 1. The van der Waals surface area contributed by atoms with Crippen LogP contribution in [0.4, 0.5) is 0 Å². The Morgan fingerprint density at radius 3 is 2.71 bits per heavy atom. The van der Waals surface area contributed by atoms with Crippen LogP contribution in [0.25, 0.3) is 22.0 Å². The number of nitrogens with one attached hydrogen (secondary N) is 2. The van der Waals surface area contributed by atoms with Crippen molar-refractivity contribution in [3.05, 3.63) is 54.7 Å². The molecule has 5 heteroatoms. The molecule has 0 unspecified atom stereocenters. The van der Waals surface area contributed by atoms with Crippen molar-refractivity contribution in [2.75, 3.05) is 26.7 Å². The van der Waals surface area contributed by atoms with Gasteiger partial charge in [0.1, 0.15) is 12.3 Å². The van der Waals surface area contributed by atoms with Gasteiger partial charge in [0, 0.05) is 24.8 Å². The highest BCUT2D eigenvalue weighted by molar-refractivity contribution is 5.87. The van der Waals surface area contributed by atoms with E-state index >= 15 is 0 Å². The normalized spacial score (nSPS) is 14.6. The van der Waals surface area contributed by atoms with Crippen LogP contribution in [0.3, 0.4) is 0 Å². The number of benzene rings is 2. The number of amides is 1. The molecule has 0 atom stereocenters. The zero-order valence-corrected chi connectivity index (χ0v) is 18.4. The first-order valence-electron chi connectivity index (χ1n) is 11.4. The van der Waals surface area contributed by atoms with E-state index < -0.39 is 0 Å². The quantitative estimate of drug-likeness (QED) is 0.498. The number of rotatable bonds is 9. The predicted molar refractivity (Wildman–Crippen MR) is 126 cm³/mol. The standard InChI is InChI=1S/C26H33N3O2/c1-31-24-9-5-8-22(16-24)23-11-10-21-12-15-29(25(21)17-23)19-26(30)28-14-13-27-18-20-6-3-2-4-7-20/h5,8-12,15-17,20,27H,2-4,6-7,13-14,18-19H2,1H3,(H,28,30). The van der Waals surface area contributed by atoms with E-state index in [0.29, 0.717) is 13.1 Å². The minimum Gasteiger partial charge on any atom is -0.497 e. The Morgan fingerprint density at radius 2 is 1.87 bits per heavy atom. The summed E-state index contributed by atoms with van der Waals surface area (Å²) in [6.45, 7) is 2.90. The van der Waals surface area contributed by atoms with Gasteiger partial charge in [0.05, 0.1) is 7.11 Å². The molecule has 0 bridgehead atoms. The summed E-state index contributed by atoms with van der Waals surface area (Å²) in [5, 5.41) is 7.68. The maximum Gasteiger partial charge on any atom is 0.239 e. The lowest BCUT2D eigenvalue weighted by atomic mass is 9.89. The van der Waals surface area contributed by atoms with Gasteiger partial charge >= 0.3 is 0 Å². The van der Waals surface area contributed by atoms with Gasteiger partial charge in [0.25, 0.3) is 0 Å². The van der Waals surface area contributed by atoms with Crippen molar-refractivity contribution < 1.29 is 9.53 Å². The molecule has 1 aliphatic carbocycles. The maximum atomic E-state index is 12.5. The number of hydrogen-bond acceptors (Lipinski definition) is 3. The van der Waals surface area contributed by atoms with Crippen molar-refractivity contribution in [3.63, 3.8) is 0 Å². The number of carbonyl (C=O) groups excluding carboxylic acids is 1. The van der Waals surface area contributed by atoms with Crippen LogP contribution in [-0.4, -0.2) is 37.2 Å². The molecule has 4 rings (SSSR count). The molecule has 0 spiro atoms. The van der Waals surface area contributed by atoms with Gasteiger partial charge in [-0.25, -0.2) is 0 Å². The van der Waals surface area contributed by atoms with Gasteiger partial charge in [0.15, 0.2) is 0 Å². The molecule has 5 nitrogen and oxygen atoms in total. The van der Waals surface area contributed by atoms with E-state index in [1.54, 1.807) is 7.11 Å². The second-order valence-corrected chi connectivity index (χ2v) is 8.51. The fraction of sp³-hybridized carbons (Fsp3) is 0.423. The van der Waals surface area contributed by atoms with Crippen LogP contribution in [0.15, 0.2) is 54.7 Å². The molecule has 0 aliphatic heterocycles. The first-order valence-corrected chi connectivity index (χ1v) is 11.4. The molecule has 1 aromatic heterocycles. The van der Waals surface area contributed by atoms with E-state index in [1.165, 1.54) is 32.1 Å². The highest BCUT2D eigenvalue weighted by Gasteiger charge is 2.12. The Labute approximate surface area is 184 Å². The van der Waals surface area contributed by atoms with E-state index in [9.17, 15) is 4.79 Å². The van der Waals surface area contributed by atoms with Crippen molar-refractivity contribution in [2.45, 2.75) is 38.6 Å². The highest BCUT2D eigenvalue weighted by atomic mass is 16.5. The average molecular weight is 420 g/mol. The smallest absolute Gasteiger partial charge is 0.239 e. The van der Waals surface area contributed by atoms with Crippen molar-refractivity contribution >= 4 is 16.8 Å². The van der Waals surface area contributed by atoms with Crippen LogP contribution < -0.4 is 15.4 Å². The summed E-state index contributed by atoms with van der Waals surface area (Å²) in [5.41, 5.74) is 3.27. The van der Waals surface area contributed by atoms with Gasteiger partial charge < -0.3 is 19.9 Å².